The van der Waals surface area contributed by atoms with Crippen molar-refractivity contribution >= 4 is 29.4 Å². The first kappa shape index (κ1) is 35.9. The molecule has 2 rings (SSSR count). The Bertz CT molecular complexity index is 1020. The molecular weight excluding hydrogens is 562 g/mol. The summed E-state index contributed by atoms with van der Waals surface area (Å²) in [7, 11) is 0. The maximum Gasteiger partial charge on any atom is 0.335 e. The largest absolute Gasteiger partial charge is 0.479 e. The van der Waals surface area contributed by atoms with Crippen LogP contribution in [-0.2, 0) is 23.9 Å². The number of anilines is 1. The lowest BCUT2D eigenvalue weighted by Crippen LogP contribution is -2.61. The zero-order valence-electron chi connectivity index (χ0n) is 25.1. The van der Waals surface area contributed by atoms with Gasteiger partial charge in [0.05, 0.1) is 0 Å². The van der Waals surface area contributed by atoms with Crippen molar-refractivity contribution in [3.05, 3.63) is 24.3 Å². The molecule has 0 aromatic heterocycles. The Hall–Kier alpha value is -3.26. The Balaban J connectivity index is 1.81. The normalized spacial score (nSPS) is 21.6. The van der Waals surface area contributed by atoms with Gasteiger partial charge >= 0.3 is 5.97 Å². The molecule has 1 aromatic rings. The number of carbonyl (C=O) groups excluding carboxylic acids is 3. The molecule has 13 heteroatoms. The first-order valence-electron chi connectivity index (χ1n) is 15.1. The fourth-order valence-electron chi connectivity index (χ4n) is 4.53. The van der Waals surface area contributed by atoms with Crippen molar-refractivity contribution in [1.82, 2.24) is 10.2 Å². The number of rotatable bonds is 19. The van der Waals surface area contributed by atoms with Crippen molar-refractivity contribution in [3.8, 4) is 5.75 Å². The highest BCUT2D eigenvalue weighted by molar-refractivity contribution is 5.91. The van der Waals surface area contributed by atoms with E-state index in [1.165, 1.54) is 24.3 Å². The summed E-state index contributed by atoms with van der Waals surface area (Å²) in [5, 5.41) is 44.7. The topological polar surface area (TPSA) is 195 Å². The van der Waals surface area contributed by atoms with E-state index in [0.29, 0.717) is 38.2 Å². The minimum absolute atomic E-state index is 0.0258. The number of nitrogens with one attached hydrogen (secondary N) is 2. The van der Waals surface area contributed by atoms with Gasteiger partial charge in [0, 0.05) is 44.6 Å². The summed E-state index contributed by atoms with van der Waals surface area (Å²) in [4.78, 5) is 49.9. The standard InChI is InChI=1S/C30H47N3O10/c1-3-5-11-24(36)33(18-9-7-6-8-17-31-22(34)10-4-2)19-16-23(35)32-20-12-14-21(15-13-20)42-30-27(39)25(37)26(38)28(43-30)29(40)41/h12-15,25-28,30,37-39H,3-11,16-19H2,1-2H3,(H,31,34)(H,32,35)(H,40,41). The third-order valence-electron chi connectivity index (χ3n) is 7.06. The van der Waals surface area contributed by atoms with Gasteiger partial charge in [-0.05, 0) is 49.9 Å². The number of hydrogen-bond acceptors (Lipinski definition) is 9. The second kappa shape index (κ2) is 19.1. The number of amides is 3. The zero-order chi connectivity index (χ0) is 31.8. The van der Waals surface area contributed by atoms with E-state index in [9.17, 15) is 34.5 Å². The van der Waals surface area contributed by atoms with E-state index in [1.54, 1.807) is 4.90 Å². The molecule has 1 saturated heterocycles. The first-order chi connectivity index (χ1) is 20.6. The molecule has 6 N–H and O–H groups in total. The fourth-order valence-corrected chi connectivity index (χ4v) is 4.53. The van der Waals surface area contributed by atoms with Crippen molar-refractivity contribution in [2.45, 2.75) is 109 Å². The third-order valence-corrected chi connectivity index (χ3v) is 7.06. The van der Waals surface area contributed by atoms with Crippen molar-refractivity contribution in [2.75, 3.05) is 25.0 Å². The minimum Gasteiger partial charge on any atom is -0.479 e. The van der Waals surface area contributed by atoms with Gasteiger partial charge in [-0.2, -0.15) is 0 Å². The predicted octanol–water partition coefficient (Wildman–Crippen LogP) is 1.78. The van der Waals surface area contributed by atoms with Gasteiger partial charge < -0.3 is 45.4 Å². The van der Waals surface area contributed by atoms with Gasteiger partial charge in [-0.15, -0.1) is 0 Å². The molecule has 0 aliphatic carbocycles. The monoisotopic (exact) mass is 609 g/mol. The Kier molecular flexibility index (Phi) is 16.0. The molecule has 1 aliphatic rings. The lowest BCUT2D eigenvalue weighted by atomic mass is 9.99. The summed E-state index contributed by atoms with van der Waals surface area (Å²) in [6, 6.07) is 6.01. The third kappa shape index (κ3) is 12.5. The molecule has 5 unspecified atom stereocenters. The van der Waals surface area contributed by atoms with E-state index in [1.807, 2.05) is 13.8 Å². The van der Waals surface area contributed by atoms with Crippen LogP contribution in [0.4, 0.5) is 5.69 Å². The number of carboxylic acids is 1. The number of unbranched alkanes of at least 4 members (excludes halogenated alkanes) is 4. The van der Waals surface area contributed by atoms with Crippen LogP contribution < -0.4 is 15.4 Å². The van der Waals surface area contributed by atoms with Gasteiger partial charge in [-0.25, -0.2) is 4.79 Å². The summed E-state index contributed by atoms with van der Waals surface area (Å²) in [5.41, 5.74) is 0.455. The number of aliphatic hydroxyl groups excluding tert-OH is 3. The van der Waals surface area contributed by atoms with Crippen LogP contribution in [0.1, 0.15) is 78.1 Å². The SMILES string of the molecule is CCCCC(=O)N(CCCCCCNC(=O)CCC)CCC(=O)Nc1ccc(OC2OC(C(=O)O)C(O)C(O)C2O)cc1. The van der Waals surface area contributed by atoms with Crippen molar-refractivity contribution in [1.29, 1.82) is 0 Å². The summed E-state index contributed by atoms with van der Waals surface area (Å²) >= 11 is 0. The number of ether oxygens (including phenoxy) is 2. The van der Waals surface area contributed by atoms with Gasteiger partial charge in [-0.3, -0.25) is 14.4 Å². The quantitative estimate of drug-likeness (QED) is 0.126. The second-order valence-electron chi connectivity index (χ2n) is 10.7. The molecule has 13 nitrogen and oxygen atoms in total. The lowest BCUT2D eigenvalue weighted by molar-refractivity contribution is -0.271. The molecule has 43 heavy (non-hydrogen) atoms. The Labute approximate surface area is 252 Å². The van der Waals surface area contributed by atoms with E-state index in [0.717, 1.165) is 44.9 Å². The van der Waals surface area contributed by atoms with E-state index in [4.69, 9.17) is 14.6 Å². The number of carbonyl (C=O) groups is 4. The number of aliphatic carboxylic acids is 1. The van der Waals surface area contributed by atoms with Crippen LogP contribution >= 0.6 is 0 Å². The van der Waals surface area contributed by atoms with Gasteiger partial charge in [0.2, 0.25) is 24.0 Å². The molecule has 1 heterocycles. The maximum atomic E-state index is 12.7. The van der Waals surface area contributed by atoms with E-state index < -0.39 is 36.7 Å². The molecule has 3 amide bonds. The highest BCUT2D eigenvalue weighted by Gasteiger charge is 2.48. The molecule has 0 bridgehead atoms. The zero-order valence-corrected chi connectivity index (χ0v) is 25.1. The van der Waals surface area contributed by atoms with Crippen LogP contribution in [0.2, 0.25) is 0 Å². The number of aliphatic hydroxyl groups is 3. The molecule has 1 fully saturated rings. The predicted molar refractivity (Wildman–Crippen MR) is 157 cm³/mol. The van der Waals surface area contributed by atoms with E-state index in [2.05, 4.69) is 10.6 Å². The van der Waals surface area contributed by atoms with Crippen LogP contribution in [0.25, 0.3) is 0 Å². The Morgan fingerprint density at radius 3 is 2.16 bits per heavy atom. The van der Waals surface area contributed by atoms with Crippen LogP contribution in [-0.4, -0.2) is 99.4 Å². The summed E-state index contributed by atoms with van der Waals surface area (Å²) in [5.74, 6) is -1.52. The minimum atomic E-state index is -1.82. The van der Waals surface area contributed by atoms with Crippen LogP contribution in [0.5, 0.6) is 5.75 Å². The number of hydrogen-bond donors (Lipinski definition) is 6. The summed E-state index contributed by atoms with van der Waals surface area (Å²) in [6.07, 6.45) is -1.46. The van der Waals surface area contributed by atoms with Gasteiger partial charge in [-0.1, -0.05) is 33.1 Å². The molecule has 1 aliphatic heterocycles. The van der Waals surface area contributed by atoms with E-state index in [-0.39, 0.29) is 29.9 Å². The smallest absolute Gasteiger partial charge is 0.335 e. The summed E-state index contributed by atoms with van der Waals surface area (Å²) in [6.45, 7) is 5.49. The highest BCUT2D eigenvalue weighted by Crippen LogP contribution is 2.25. The van der Waals surface area contributed by atoms with E-state index >= 15 is 0 Å². The number of benzene rings is 1. The van der Waals surface area contributed by atoms with Crippen molar-refractivity contribution in [3.63, 3.8) is 0 Å². The molecule has 242 valence electrons. The number of nitrogens with zero attached hydrogens (tertiary/aromatic N) is 1. The van der Waals surface area contributed by atoms with Crippen LogP contribution in [0, 0.1) is 0 Å². The molecule has 0 saturated carbocycles. The van der Waals surface area contributed by atoms with Gasteiger partial charge in [0.1, 0.15) is 24.1 Å². The molecular formula is C30H47N3O10. The Morgan fingerprint density at radius 2 is 1.51 bits per heavy atom. The van der Waals surface area contributed by atoms with Crippen molar-refractivity contribution in [2.24, 2.45) is 0 Å². The average molecular weight is 610 g/mol. The Morgan fingerprint density at radius 1 is 0.814 bits per heavy atom. The van der Waals surface area contributed by atoms with Crippen LogP contribution in [0.3, 0.4) is 0 Å². The lowest BCUT2D eigenvalue weighted by Gasteiger charge is -2.38. The second-order valence-corrected chi connectivity index (χ2v) is 10.7. The molecule has 0 spiro atoms. The fraction of sp³-hybridized carbons (Fsp3) is 0.667. The maximum absolute atomic E-state index is 12.7. The van der Waals surface area contributed by atoms with Crippen LogP contribution in [0.15, 0.2) is 24.3 Å². The number of carboxylic acid groups (broad SMARTS) is 1. The van der Waals surface area contributed by atoms with Gasteiger partial charge in [0.15, 0.2) is 6.10 Å². The molecule has 0 radical (unpaired) electrons. The average Bonchev–Trinajstić information content (AvgIpc) is 2.98. The molecule has 1 aromatic carbocycles. The summed E-state index contributed by atoms with van der Waals surface area (Å²) < 4.78 is 10.6. The van der Waals surface area contributed by atoms with Crippen molar-refractivity contribution < 1.29 is 49.1 Å². The van der Waals surface area contributed by atoms with Gasteiger partial charge in [0.25, 0.3) is 0 Å². The first-order valence-corrected chi connectivity index (χ1v) is 15.1. The highest BCUT2D eigenvalue weighted by atomic mass is 16.7. The molecule has 5 atom stereocenters.